The second-order valence-corrected chi connectivity index (χ2v) is 6.13. The number of para-hydroxylation sites is 1. The highest BCUT2D eigenvalue weighted by Crippen LogP contribution is 2.32. The molecule has 0 aliphatic rings. The van der Waals surface area contributed by atoms with Crippen molar-refractivity contribution in [1.82, 2.24) is 4.98 Å². The van der Waals surface area contributed by atoms with E-state index in [1.165, 1.54) is 7.11 Å². The molecule has 26 heavy (non-hydrogen) atoms. The van der Waals surface area contributed by atoms with Crippen LogP contribution in [0.25, 0.3) is 10.2 Å². The van der Waals surface area contributed by atoms with Gasteiger partial charge in [-0.05, 0) is 12.1 Å². The van der Waals surface area contributed by atoms with Crippen molar-refractivity contribution in [2.75, 3.05) is 12.4 Å². The van der Waals surface area contributed by atoms with Crippen molar-refractivity contribution in [3.05, 3.63) is 52.8 Å². The normalized spacial score (nSPS) is 11.0. The standard InChI is InChI=1S/C16H9F5N2O2S/c1-25-7-3-2-4-8-15(7)23-16(26-8)22-9(24)5-6-10(17)12(19)14(21)13(20)11(6)18/h2-4H,5H2,1H3,(H,22,23,24). The van der Waals surface area contributed by atoms with Gasteiger partial charge in [0.1, 0.15) is 11.3 Å². The van der Waals surface area contributed by atoms with E-state index in [0.717, 1.165) is 11.3 Å². The molecule has 1 amide bonds. The summed E-state index contributed by atoms with van der Waals surface area (Å²) in [6.45, 7) is 0. The van der Waals surface area contributed by atoms with Crippen molar-refractivity contribution in [2.45, 2.75) is 6.42 Å². The third-order valence-corrected chi connectivity index (χ3v) is 4.42. The number of nitrogens with one attached hydrogen (secondary N) is 1. The lowest BCUT2D eigenvalue weighted by molar-refractivity contribution is -0.115. The first-order chi connectivity index (χ1) is 12.3. The molecule has 2 aromatic carbocycles. The Morgan fingerprint density at radius 3 is 2.31 bits per heavy atom. The van der Waals surface area contributed by atoms with Crippen LogP contribution in [0.3, 0.4) is 0 Å². The molecule has 0 unspecified atom stereocenters. The van der Waals surface area contributed by atoms with E-state index in [1.54, 1.807) is 18.2 Å². The van der Waals surface area contributed by atoms with Crippen molar-refractivity contribution in [3.63, 3.8) is 0 Å². The minimum Gasteiger partial charge on any atom is -0.494 e. The second-order valence-electron chi connectivity index (χ2n) is 5.10. The smallest absolute Gasteiger partial charge is 0.230 e. The fourth-order valence-corrected chi connectivity index (χ4v) is 3.17. The number of ether oxygens (including phenoxy) is 1. The summed E-state index contributed by atoms with van der Waals surface area (Å²) in [6, 6.07) is 5.08. The first kappa shape index (κ1) is 18.1. The number of hydrogen-bond acceptors (Lipinski definition) is 4. The molecule has 1 aromatic heterocycles. The van der Waals surface area contributed by atoms with Crippen LogP contribution in [0.5, 0.6) is 5.75 Å². The molecule has 0 saturated carbocycles. The van der Waals surface area contributed by atoms with Gasteiger partial charge in [-0.2, -0.15) is 0 Å². The van der Waals surface area contributed by atoms with Gasteiger partial charge in [-0.25, -0.2) is 26.9 Å². The first-order valence-electron chi connectivity index (χ1n) is 7.07. The topological polar surface area (TPSA) is 51.2 Å². The number of rotatable bonds is 4. The summed E-state index contributed by atoms with van der Waals surface area (Å²) >= 11 is 1.06. The predicted octanol–water partition coefficient (Wildman–Crippen LogP) is 4.18. The zero-order chi connectivity index (χ0) is 19.0. The number of fused-ring (bicyclic) bond motifs is 1. The van der Waals surface area contributed by atoms with Crippen molar-refractivity contribution >= 4 is 32.6 Å². The van der Waals surface area contributed by atoms with Gasteiger partial charge in [0.05, 0.1) is 18.2 Å². The van der Waals surface area contributed by atoms with Crippen molar-refractivity contribution in [1.29, 1.82) is 0 Å². The Morgan fingerprint density at radius 2 is 1.69 bits per heavy atom. The highest BCUT2D eigenvalue weighted by atomic mass is 32.1. The van der Waals surface area contributed by atoms with Crippen molar-refractivity contribution < 1.29 is 31.5 Å². The van der Waals surface area contributed by atoms with E-state index < -0.39 is 47.0 Å². The van der Waals surface area contributed by atoms with Crippen molar-refractivity contribution in [3.8, 4) is 5.75 Å². The number of methoxy groups -OCH3 is 1. The Kier molecular flexibility index (Phi) is 4.77. The average Bonchev–Trinajstić information content (AvgIpc) is 3.04. The number of benzene rings is 2. The molecule has 0 spiro atoms. The van der Waals surface area contributed by atoms with Crippen LogP contribution >= 0.6 is 11.3 Å². The average molecular weight is 388 g/mol. The van der Waals surface area contributed by atoms with Gasteiger partial charge in [-0.1, -0.05) is 17.4 Å². The molecule has 0 saturated heterocycles. The Balaban J connectivity index is 1.86. The fraction of sp³-hybridized carbons (Fsp3) is 0.125. The summed E-state index contributed by atoms with van der Waals surface area (Å²) in [5, 5.41) is 2.38. The molecule has 136 valence electrons. The molecule has 1 heterocycles. The summed E-state index contributed by atoms with van der Waals surface area (Å²) < 4.78 is 72.5. The summed E-state index contributed by atoms with van der Waals surface area (Å²) in [4.78, 5) is 16.1. The van der Waals surface area contributed by atoms with Crippen LogP contribution in [-0.4, -0.2) is 18.0 Å². The van der Waals surface area contributed by atoms with E-state index >= 15 is 0 Å². The number of hydrogen-bond donors (Lipinski definition) is 1. The number of thiazole rings is 1. The molecule has 0 atom stereocenters. The molecular weight excluding hydrogens is 379 g/mol. The molecule has 3 rings (SSSR count). The molecular formula is C16H9F5N2O2S. The molecule has 0 aliphatic heterocycles. The van der Waals surface area contributed by atoms with E-state index in [1.807, 2.05) is 0 Å². The van der Waals surface area contributed by atoms with Gasteiger partial charge in [0.2, 0.25) is 11.7 Å². The number of halogens is 5. The summed E-state index contributed by atoms with van der Waals surface area (Å²) in [5.74, 6) is -11.1. The van der Waals surface area contributed by atoms with Crippen LogP contribution in [0, 0.1) is 29.1 Å². The molecule has 10 heteroatoms. The Morgan fingerprint density at radius 1 is 1.08 bits per heavy atom. The van der Waals surface area contributed by atoms with E-state index in [2.05, 4.69) is 10.3 Å². The third kappa shape index (κ3) is 3.07. The van der Waals surface area contributed by atoms with Gasteiger partial charge in [0, 0.05) is 5.56 Å². The van der Waals surface area contributed by atoms with Gasteiger partial charge in [-0.3, -0.25) is 4.79 Å². The van der Waals surface area contributed by atoms with E-state index in [0.29, 0.717) is 16.0 Å². The van der Waals surface area contributed by atoms with Gasteiger partial charge >= 0.3 is 0 Å². The fourth-order valence-electron chi connectivity index (χ4n) is 2.27. The molecule has 4 nitrogen and oxygen atoms in total. The zero-order valence-corrected chi connectivity index (χ0v) is 13.8. The third-order valence-electron chi connectivity index (χ3n) is 3.49. The van der Waals surface area contributed by atoms with Gasteiger partial charge < -0.3 is 10.1 Å². The van der Waals surface area contributed by atoms with Crippen LogP contribution in [0.2, 0.25) is 0 Å². The van der Waals surface area contributed by atoms with Crippen LogP contribution < -0.4 is 10.1 Å². The van der Waals surface area contributed by atoms with E-state index in [4.69, 9.17) is 4.74 Å². The predicted molar refractivity (Wildman–Crippen MR) is 84.7 cm³/mol. The summed E-state index contributed by atoms with van der Waals surface area (Å²) in [7, 11) is 1.44. The molecule has 3 aromatic rings. The SMILES string of the molecule is COc1cccc2sc(NC(=O)Cc3c(F)c(F)c(F)c(F)c3F)nc12. The molecule has 1 N–H and O–H groups in total. The Labute approximate surface area is 147 Å². The first-order valence-corrected chi connectivity index (χ1v) is 7.88. The molecule has 0 bridgehead atoms. The van der Waals surface area contributed by atoms with Crippen LogP contribution in [0.4, 0.5) is 27.1 Å². The number of nitrogens with zero attached hydrogens (tertiary/aromatic N) is 1. The highest BCUT2D eigenvalue weighted by Gasteiger charge is 2.27. The maximum Gasteiger partial charge on any atom is 0.230 e. The van der Waals surface area contributed by atoms with Crippen LogP contribution in [0.15, 0.2) is 18.2 Å². The van der Waals surface area contributed by atoms with Gasteiger partial charge in [0.15, 0.2) is 28.4 Å². The summed E-state index contributed by atoms with van der Waals surface area (Å²) in [6.07, 6.45) is -1.04. The lowest BCUT2D eigenvalue weighted by Crippen LogP contribution is -2.18. The second kappa shape index (κ2) is 6.87. The quantitative estimate of drug-likeness (QED) is 0.414. The number of aromatic nitrogens is 1. The highest BCUT2D eigenvalue weighted by molar-refractivity contribution is 7.22. The molecule has 0 radical (unpaired) electrons. The van der Waals surface area contributed by atoms with Crippen LogP contribution in [-0.2, 0) is 11.2 Å². The Hall–Kier alpha value is -2.75. The maximum absolute atomic E-state index is 13.6. The maximum atomic E-state index is 13.6. The number of carbonyl (C=O) groups is 1. The van der Waals surface area contributed by atoms with E-state index in [-0.39, 0.29) is 5.13 Å². The largest absolute Gasteiger partial charge is 0.494 e. The minimum atomic E-state index is -2.28. The summed E-state index contributed by atoms with van der Waals surface area (Å²) in [5.41, 5.74) is -0.746. The molecule has 0 aliphatic carbocycles. The zero-order valence-electron chi connectivity index (χ0n) is 13.0. The van der Waals surface area contributed by atoms with Crippen molar-refractivity contribution in [2.24, 2.45) is 0 Å². The minimum absolute atomic E-state index is 0.0957. The molecule has 0 fully saturated rings. The Bertz CT molecular complexity index is 993. The van der Waals surface area contributed by atoms with Crippen LogP contribution in [0.1, 0.15) is 5.56 Å². The lowest BCUT2D eigenvalue weighted by Gasteiger charge is -2.07. The monoisotopic (exact) mass is 388 g/mol. The van der Waals surface area contributed by atoms with Gasteiger partial charge in [0.25, 0.3) is 0 Å². The number of carbonyl (C=O) groups excluding carboxylic acids is 1. The van der Waals surface area contributed by atoms with Gasteiger partial charge in [-0.15, -0.1) is 0 Å². The number of amides is 1. The number of anilines is 1. The van der Waals surface area contributed by atoms with E-state index in [9.17, 15) is 26.7 Å². The lowest BCUT2D eigenvalue weighted by atomic mass is 10.1.